The van der Waals surface area contributed by atoms with Gasteiger partial charge in [0.25, 0.3) is 0 Å². The summed E-state index contributed by atoms with van der Waals surface area (Å²) in [5.74, 6) is 1.70. The van der Waals surface area contributed by atoms with Crippen molar-refractivity contribution >= 4 is 0 Å². The first-order valence-corrected chi connectivity index (χ1v) is 6.59. The molecule has 0 heteroatoms. The molecule has 0 aromatic rings. The summed E-state index contributed by atoms with van der Waals surface area (Å²) in [6.45, 7) is 18.9. The van der Waals surface area contributed by atoms with Gasteiger partial charge in [-0.1, -0.05) is 61.8 Å². The van der Waals surface area contributed by atoms with Gasteiger partial charge in [0.2, 0.25) is 0 Å². The van der Waals surface area contributed by atoms with E-state index in [4.69, 9.17) is 0 Å². The van der Waals surface area contributed by atoms with Gasteiger partial charge in [-0.25, -0.2) is 0 Å². The van der Waals surface area contributed by atoms with Gasteiger partial charge in [-0.15, -0.1) is 0 Å². The molecule has 15 heavy (non-hydrogen) atoms. The third-order valence-corrected chi connectivity index (χ3v) is 4.14. The van der Waals surface area contributed by atoms with E-state index in [0.717, 1.165) is 11.8 Å². The lowest BCUT2D eigenvalue weighted by Crippen LogP contribution is -2.23. The lowest BCUT2D eigenvalue weighted by atomic mass is 9.72. The highest BCUT2D eigenvalue weighted by atomic mass is 14.3. The molecule has 0 aliphatic heterocycles. The molecule has 0 aliphatic carbocycles. The first-order chi connectivity index (χ1) is 6.59. The Hall–Kier alpha value is 0. The Morgan fingerprint density at radius 3 is 1.53 bits per heavy atom. The van der Waals surface area contributed by atoms with Crippen LogP contribution in [-0.4, -0.2) is 0 Å². The third kappa shape index (κ3) is 5.58. The monoisotopic (exact) mass is 212 g/mol. The molecule has 0 rings (SSSR count). The second kappa shape index (κ2) is 5.37. The van der Waals surface area contributed by atoms with Crippen LogP contribution in [0.3, 0.4) is 0 Å². The van der Waals surface area contributed by atoms with Crippen LogP contribution in [0.25, 0.3) is 0 Å². The van der Waals surface area contributed by atoms with E-state index in [0.29, 0.717) is 10.8 Å². The summed E-state index contributed by atoms with van der Waals surface area (Å²) in [5.41, 5.74) is 0.947. The van der Waals surface area contributed by atoms with Crippen molar-refractivity contribution in [2.45, 2.75) is 74.7 Å². The number of hydrogen-bond acceptors (Lipinski definition) is 0. The molecule has 92 valence electrons. The minimum absolute atomic E-state index is 0.468. The highest BCUT2D eigenvalue weighted by molar-refractivity contribution is 4.76. The fourth-order valence-electron chi connectivity index (χ4n) is 2.13. The van der Waals surface area contributed by atoms with Crippen LogP contribution in [-0.2, 0) is 0 Å². The Morgan fingerprint density at radius 2 is 1.27 bits per heavy atom. The van der Waals surface area contributed by atoms with Gasteiger partial charge in [0.15, 0.2) is 0 Å². The van der Waals surface area contributed by atoms with Gasteiger partial charge in [0.05, 0.1) is 0 Å². The summed E-state index contributed by atoms with van der Waals surface area (Å²) in [4.78, 5) is 0. The molecule has 0 nitrogen and oxygen atoms in total. The smallest absolute Gasteiger partial charge is 0.0354 e. The summed E-state index contributed by atoms with van der Waals surface area (Å²) in [6.07, 6.45) is 4.08. The summed E-state index contributed by atoms with van der Waals surface area (Å²) in [6, 6.07) is 0. The second-order valence-electron chi connectivity index (χ2n) is 7.32. The molecule has 0 spiro atoms. The van der Waals surface area contributed by atoms with Gasteiger partial charge in [-0.3, -0.25) is 0 Å². The first-order valence-electron chi connectivity index (χ1n) is 6.59. The first kappa shape index (κ1) is 15.0. The largest absolute Gasteiger partial charge is 0.0651 e. The van der Waals surface area contributed by atoms with Crippen LogP contribution in [0.15, 0.2) is 0 Å². The van der Waals surface area contributed by atoms with Crippen LogP contribution >= 0.6 is 0 Å². The van der Waals surface area contributed by atoms with Gasteiger partial charge in [0.1, 0.15) is 0 Å². The molecule has 0 aromatic carbocycles. The summed E-state index contributed by atoms with van der Waals surface area (Å²) >= 11 is 0. The highest BCUT2D eigenvalue weighted by Crippen LogP contribution is 2.36. The van der Waals surface area contributed by atoms with Crippen molar-refractivity contribution in [3.63, 3.8) is 0 Å². The quantitative estimate of drug-likeness (QED) is 0.575. The molecule has 0 bridgehead atoms. The van der Waals surface area contributed by atoms with E-state index >= 15 is 0 Å². The van der Waals surface area contributed by atoms with Crippen molar-refractivity contribution in [1.29, 1.82) is 0 Å². The zero-order valence-electron chi connectivity index (χ0n) is 12.3. The molecule has 0 saturated heterocycles. The topological polar surface area (TPSA) is 0 Å². The fraction of sp³-hybridized carbons (Fsp3) is 1.00. The van der Waals surface area contributed by atoms with Crippen LogP contribution < -0.4 is 0 Å². The van der Waals surface area contributed by atoms with Crippen molar-refractivity contribution in [3.05, 3.63) is 0 Å². The average molecular weight is 212 g/mol. The second-order valence-corrected chi connectivity index (χ2v) is 7.32. The van der Waals surface area contributed by atoms with Crippen LogP contribution in [0.4, 0.5) is 0 Å². The van der Waals surface area contributed by atoms with E-state index < -0.39 is 0 Å². The van der Waals surface area contributed by atoms with Crippen LogP contribution in [0.1, 0.15) is 74.7 Å². The van der Waals surface area contributed by atoms with Crippen molar-refractivity contribution in [2.24, 2.45) is 22.7 Å². The maximum absolute atomic E-state index is 2.40. The van der Waals surface area contributed by atoms with Gasteiger partial charge >= 0.3 is 0 Å². The van der Waals surface area contributed by atoms with E-state index in [-0.39, 0.29) is 0 Å². The predicted octanol–water partition coefficient (Wildman–Crippen LogP) is 5.52. The maximum Gasteiger partial charge on any atom is -0.0354 e. The molecule has 0 aliphatic rings. The average Bonchev–Trinajstić information content (AvgIpc) is 2.00. The van der Waals surface area contributed by atoms with E-state index in [9.17, 15) is 0 Å². The van der Waals surface area contributed by atoms with Crippen LogP contribution in [0.2, 0.25) is 0 Å². The standard InChI is InChI=1S/C15H32/c1-9-13(15(6,7)8)11-10-12(2)14(3,4)5/h12-13H,9-11H2,1-8H3. The maximum atomic E-state index is 2.40. The van der Waals surface area contributed by atoms with E-state index in [1.165, 1.54) is 19.3 Å². The number of rotatable bonds is 4. The van der Waals surface area contributed by atoms with Crippen molar-refractivity contribution in [1.82, 2.24) is 0 Å². The molecule has 0 radical (unpaired) electrons. The van der Waals surface area contributed by atoms with E-state index in [1.54, 1.807) is 0 Å². The van der Waals surface area contributed by atoms with Gasteiger partial charge in [-0.2, -0.15) is 0 Å². The Balaban J connectivity index is 4.14. The van der Waals surface area contributed by atoms with Crippen molar-refractivity contribution < 1.29 is 0 Å². The zero-order valence-corrected chi connectivity index (χ0v) is 12.3. The van der Waals surface area contributed by atoms with Crippen LogP contribution in [0.5, 0.6) is 0 Å². The summed E-state index contributed by atoms with van der Waals surface area (Å²) < 4.78 is 0. The minimum Gasteiger partial charge on any atom is -0.0651 e. The number of hydrogen-bond donors (Lipinski definition) is 0. The molecule has 0 amide bonds. The normalized spacial score (nSPS) is 17.6. The highest BCUT2D eigenvalue weighted by Gasteiger charge is 2.25. The van der Waals surface area contributed by atoms with Gasteiger partial charge < -0.3 is 0 Å². The molecule has 0 saturated carbocycles. The van der Waals surface area contributed by atoms with Gasteiger partial charge in [0, 0.05) is 0 Å². The van der Waals surface area contributed by atoms with E-state index in [2.05, 4.69) is 55.4 Å². The Kier molecular flexibility index (Phi) is 5.37. The molecule has 2 atom stereocenters. The molecule has 0 aromatic heterocycles. The Bertz CT molecular complexity index is 165. The fourth-order valence-corrected chi connectivity index (χ4v) is 2.13. The molecule has 0 fully saturated rings. The summed E-state index contributed by atoms with van der Waals surface area (Å²) in [5, 5.41) is 0. The van der Waals surface area contributed by atoms with Crippen molar-refractivity contribution in [3.8, 4) is 0 Å². The van der Waals surface area contributed by atoms with E-state index in [1.807, 2.05) is 0 Å². The zero-order chi connectivity index (χ0) is 12.3. The lowest BCUT2D eigenvalue weighted by molar-refractivity contribution is 0.173. The molecule has 2 unspecified atom stereocenters. The Morgan fingerprint density at radius 1 is 0.800 bits per heavy atom. The lowest BCUT2D eigenvalue weighted by Gasteiger charge is -2.33. The predicted molar refractivity (Wildman–Crippen MR) is 71.1 cm³/mol. The van der Waals surface area contributed by atoms with Crippen molar-refractivity contribution in [2.75, 3.05) is 0 Å². The molecule has 0 heterocycles. The SMILES string of the molecule is CCC(CCC(C)C(C)(C)C)C(C)(C)C. The van der Waals surface area contributed by atoms with Crippen LogP contribution in [0, 0.1) is 22.7 Å². The minimum atomic E-state index is 0.468. The molecular formula is C15H32. The molecular weight excluding hydrogens is 180 g/mol. The summed E-state index contributed by atoms with van der Waals surface area (Å²) in [7, 11) is 0. The van der Waals surface area contributed by atoms with Gasteiger partial charge in [-0.05, 0) is 35.5 Å². The molecule has 0 N–H and O–H groups in total. The Labute approximate surface area is 97.8 Å². The third-order valence-electron chi connectivity index (χ3n) is 4.14.